The summed E-state index contributed by atoms with van der Waals surface area (Å²) >= 11 is 0.956. The van der Waals surface area contributed by atoms with Crippen molar-refractivity contribution >= 4 is 39.9 Å². The lowest BCUT2D eigenvalue weighted by Gasteiger charge is -2.23. The van der Waals surface area contributed by atoms with Gasteiger partial charge >= 0.3 is 11.9 Å². The van der Waals surface area contributed by atoms with E-state index in [0.29, 0.717) is 41.5 Å². The largest absolute Gasteiger partial charge is 0.507 e. The van der Waals surface area contributed by atoms with Gasteiger partial charge in [0.05, 0.1) is 37.1 Å². The number of amides is 1. The number of hydrogen-bond acceptors (Lipinski definition) is 9. The number of carbonyl (C=O) groups excluding carboxylic acids is 3. The minimum Gasteiger partial charge on any atom is -0.507 e. The summed E-state index contributed by atoms with van der Waals surface area (Å²) in [6.45, 7) is 8.12. The van der Waals surface area contributed by atoms with E-state index in [0.717, 1.165) is 11.3 Å². The molecule has 1 aliphatic rings. The number of ketones is 1. The van der Waals surface area contributed by atoms with Gasteiger partial charge in [0, 0.05) is 5.56 Å². The van der Waals surface area contributed by atoms with E-state index in [-0.39, 0.29) is 27.9 Å². The number of aliphatic hydroxyl groups is 1. The molecule has 198 valence electrons. The third-order valence-corrected chi connectivity index (χ3v) is 6.96. The molecule has 4 rings (SSSR count). The Bertz CT molecular complexity index is 1390. The maximum Gasteiger partial charge on any atom is 0.350 e. The van der Waals surface area contributed by atoms with Crippen molar-refractivity contribution in [2.45, 2.75) is 33.7 Å². The van der Waals surface area contributed by atoms with Crippen molar-refractivity contribution in [3.8, 4) is 11.5 Å². The smallest absolute Gasteiger partial charge is 0.350 e. The van der Waals surface area contributed by atoms with Crippen molar-refractivity contribution in [2.75, 3.05) is 24.7 Å². The van der Waals surface area contributed by atoms with E-state index in [9.17, 15) is 19.5 Å². The number of rotatable bonds is 9. The summed E-state index contributed by atoms with van der Waals surface area (Å²) < 4.78 is 16.2. The fraction of sp³-hybridized carbons (Fsp3) is 0.286. The number of ether oxygens (including phenoxy) is 3. The molecule has 38 heavy (non-hydrogen) atoms. The first-order valence-electron chi connectivity index (χ1n) is 12.2. The maximum atomic E-state index is 13.4. The Kier molecular flexibility index (Phi) is 8.11. The van der Waals surface area contributed by atoms with E-state index in [2.05, 4.69) is 4.98 Å². The second-order valence-corrected chi connectivity index (χ2v) is 9.24. The van der Waals surface area contributed by atoms with Gasteiger partial charge in [-0.2, -0.15) is 0 Å². The summed E-state index contributed by atoms with van der Waals surface area (Å²) in [5.41, 5.74) is 1.16. The highest BCUT2D eigenvalue weighted by molar-refractivity contribution is 7.17. The molecule has 0 bridgehead atoms. The van der Waals surface area contributed by atoms with Crippen molar-refractivity contribution in [3.63, 3.8) is 0 Å². The van der Waals surface area contributed by atoms with E-state index in [4.69, 9.17) is 14.2 Å². The van der Waals surface area contributed by atoms with Crippen molar-refractivity contribution in [2.24, 2.45) is 0 Å². The number of hydrogen-bond donors (Lipinski definition) is 1. The lowest BCUT2D eigenvalue weighted by molar-refractivity contribution is -0.132. The molecule has 2 heterocycles. The Morgan fingerprint density at radius 2 is 1.68 bits per heavy atom. The summed E-state index contributed by atoms with van der Waals surface area (Å²) in [5, 5.41) is 11.5. The molecule has 3 aromatic rings. The van der Waals surface area contributed by atoms with Crippen molar-refractivity contribution in [3.05, 3.63) is 75.8 Å². The van der Waals surface area contributed by atoms with E-state index in [1.54, 1.807) is 62.4 Å². The normalized spacial score (nSPS) is 16.5. The number of esters is 1. The standard InChI is InChI=1S/C28H28N2O7S/c1-5-35-19-13-11-17(12-14-19)23(31)21-22(18-9-8-10-20(15-18)36-6-2)30(26(33)24(21)32)28-29-16(4)25(38-28)27(34)37-7-3/h8-15,22,31H,5-7H2,1-4H3. The molecule has 0 spiro atoms. The Morgan fingerprint density at radius 3 is 2.34 bits per heavy atom. The molecule has 1 atom stereocenters. The molecule has 1 aromatic heterocycles. The average molecular weight is 537 g/mol. The minimum atomic E-state index is -1.01. The zero-order chi connectivity index (χ0) is 27.4. The topological polar surface area (TPSA) is 115 Å². The molecular weight excluding hydrogens is 508 g/mol. The zero-order valence-corrected chi connectivity index (χ0v) is 22.3. The first-order chi connectivity index (χ1) is 18.3. The zero-order valence-electron chi connectivity index (χ0n) is 21.5. The number of nitrogens with zero attached hydrogens (tertiary/aromatic N) is 2. The van der Waals surface area contributed by atoms with Gasteiger partial charge in [0.25, 0.3) is 5.78 Å². The summed E-state index contributed by atoms with van der Waals surface area (Å²) in [6, 6.07) is 12.5. The van der Waals surface area contributed by atoms with E-state index in [1.165, 1.54) is 4.90 Å². The predicted molar refractivity (Wildman–Crippen MR) is 143 cm³/mol. The number of aromatic nitrogens is 1. The number of benzene rings is 2. The van der Waals surface area contributed by atoms with Crippen LogP contribution in [0.1, 0.15) is 53.3 Å². The van der Waals surface area contributed by atoms with Gasteiger partial charge < -0.3 is 19.3 Å². The number of aryl methyl sites for hydroxylation is 1. The molecule has 2 aromatic carbocycles. The van der Waals surface area contributed by atoms with Crippen LogP contribution in [0.15, 0.2) is 54.1 Å². The van der Waals surface area contributed by atoms with Gasteiger partial charge in [-0.05, 0) is 69.7 Å². The molecule has 1 amide bonds. The number of thiazole rings is 1. The fourth-order valence-electron chi connectivity index (χ4n) is 4.19. The van der Waals surface area contributed by atoms with Gasteiger partial charge in [0.1, 0.15) is 22.1 Å². The summed E-state index contributed by atoms with van der Waals surface area (Å²) in [5.74, 6) is -1.48. The monoisotopic (exact) mass is 536 g/mol. The number of Topliss-reactive ketones (excluding diaryl/α,β-unsaturated/α-hetero) is 1. The molecule has 1 unspecified atom stereocenters. The average Bonchev–Trinajstić information content (AvgIpc) is 3.41. The summed E-state index contributed by atoms with van der Waals surface area (Å²) in [6.07, 6.45) is 0. The van der Waals surface area contributed by atoms with Gasteiger partial charge in [-0.15, -0.1) is 0 Å². The molecule has 9 nitrogen and oxygen atoms in total. The highest BCUT2D eigenvalue weighted by atomic mass is 32.1. The van der Waals surface area contributed by atoms with Gasteiger partial charge in [-0.25, -0.2) is 9.78 Å². The molecule has 0 radical (unpaired) electrons. The Balaban J connectivity index is 1.89. The van der Waals surface area contributed by atoms with Crippen LogP contribution in [0.4, 0.5) is 5.13 Å². The van der Waals surface area contributed by atoms with Crippen LogP contribution >= 0.6 is 11.3 Å². The van der Waals surface area contributed by atoms with Crippen LogP contribution in [0.2, 0.25) is 0 Å². The molecule has 1 N–H and O–H groups in total. The molecule has 0 saturated carbocycles. The van der Waals surface area contributed by atoms with Crippen LogP contribution in [0.3, 0.4) is 0 Å². The lowest BCUT2D eigenvalue weighted by Crippen LogP contribution is -2.29. The fourth-order valence-corrected chi connectivity index (χ4v) is 5.18. The second kappa shape index (κ2) is 11.5. The van der Waals surface area contributed by atoms with E-state index in [1.807, 2.05) is 13.8 Å². The first-order valence-corrected chi connectivity index (χ1v) is 13.0. The Hall–Kier alpha value is -4.18. The van der Waals surface area contributed by atoms with Crippen molar-refractivity contribution in [1.82, 2.24) is 4.98 Å². The highest BCUT2D eigenvalue weighted by Crippen LogP contribution is 2.44. The molecule has 1 aliphatic heterocycles. The molecule has 1 fully saturated rings. The van der Waals surface area contributed by atoms with Crippen LogP contribution in [-0.4, -0.2) is 47.6 Å². The molecule has 0 aliphatic carbocycles. The van der Waals surface area contributed by atoms with Gasteiger partial charge in [0.15, 0.2) is 5.13 Å². The highest BCUT2D eigenvalue weighted by Gasteiger charge is 2.48. The number of aliphatic hydroxyl groups excluding tert-OH is 1. The van der Waals surface area contributed by atoms with Crippen LogP contribution in [0.5, 0.6) is 11.5 Å². The Labute approximate surface area is 224 Å². The first kappa shape index (κ1) is 26.9. The van der Waals surface area contributed by atoms with Crippen LogP contribution in [0.25, 0.3) is 5.76 Å². The SMILES string of the molecule is CCOC(=O)c1sc(N2C(=O)C(=O)C(=C(O)c3ccc(OCC)cc3)C2c2cccc(OCC)c2)nc1C. The predicted octanol–water partition coefficient (Wildman–Crippen LogP) is 5.05. The van der Waals surface area contributed by atoms with Gasteiger partial charge in [-0.1, -0.05) is 23.5 Å². The van der Waals surface area contributed by atoms with E-state index < -0.39 is 23.7 Å². The third-order valence-electron chi connectivity index (χ3n) is 5.82. The van der Waals surface area contributed by atoms with Gasteiger partial charge in [0.2, 0.25) is 0 Å². The van der Waals surface area contributed by atoms with Crippen molar-refractivity contribution in [1.29, 1.82) is 0 Å². The van der Waals surface area contributed by atoms with Crippen LogP contribution < -0.4 is 14.4 Å². The quantitative estimate of drug-likeness (QED) is 0.175. The lowest BCUT2D eigenvalue weighted by atomic mass is 9.95. The number of carbonyl (C=O) groups is 3. The van der Waals surface area contributed by atoms with E-state index >= 15 is 0 Å². The van der Waals surface area contributed by atoms with Gasteiger partial charge in [-0.3, -0.25) is 14.5 Å². The maximum absolute atomic E-state index is 13.4. The molecular formula is C28H28N2O7S. The summed E-state index contributed by atoms with van der Waals surface area (Å²) in [4.78, 5) is 45.2. The molecule has 10 heteroatoms. The second-order valence-electron chi connectivity index (χ2n) is 8.26. The Morgan fingerprint density at radius 1 is 1.00 bits per heavy atom. The number of anilines is 1. The van der Waals surface area contributed by atoms with Crippen LogP contribution in [-0.2, 0) is 14.3 Å². The summed E-state index contributed by atoms with van der Waals surface area (Å²) in [7, 11) is 0. The van der Waals surface area contributed by atoms with Crippen LogP contribution in [0, 0.1) is 6.92 Å². The van der Waals surface area contributed by atoms with Crippen molar-refractivity contribution < 1.29 is 33.7 Å². The molecule has 1 saturated heterocycles. The minimum absolute atomic E-state index is 0.0988. The third kappa shape index (κ3) is 5.12.